The zero-order valence-corrected chi connectivity index (χ0v) is 11.2. The van der Waals surface area contributed by atoms with E-state index >= 15 is 0 Å². The number of methoxy groups -OCH3 is 1. The van der Waals surface area contributed by atoms with Gasteiger partial charge in [-0.1, -0.05) is 6.07 Å². The van der Waals surface area contributed by atoms with Gasteiger partial charge < -0.3 is 25.6 Å². The van der Waals surface area contributed by atoms with Crippen LogP contribution in [-0.4, -0.2) is 37.9 Å². The summed E-state index contributed by atoms with van der Waals surface area (Å²) in [6, 6.07) is 5.12. The Morgan fingerprint density at radius 2 is 2.26 bits per heavy atom. The first-order valence-electron chi connectivity index (χ1n) is 6.01. The molecule has 0 radical (unpaired) electrons. The number of benzene rings is 1. The van der Waals surface area contributed by atoms with Gasteiger partial charge in [-0.2, -0.15) is 0 Å². The number of phenolic OH excluding ortho intramolecular Hbond substituents is 1. The largest absolute Gasteiger partial charge is 0.507 e. The first kappa shape index (κ1) is 15.3. The summed E-state index contributed by atoms with van der Waals surface area (Å²) in [5.74, 6) is 0.302. The zero-order valence-electron chi connectivity index (χ0n) is 11.2. The van der Waals surface area contributed by atoms with Gasteiger partial charge in [-0.3, -0.25) is 4.79 Å². The van der Waals surface area contributed by atoms with E-state index in [-0.39, 0.29) is 18.4 Å². The average Bonchev–Trinajstić information content (AvgIpc) is 2.37. The number of aromatic hydroxyl groups is 1. The van der Waals surface area contributed by atoms with Crippen LogP contribution < -0.4 is 15.8 Å². The quantitative estimate of drug-likeness (QED) is 0.599. The van der Waals surface area contributed by atoms with E-state index in [4.69, 9.17) is 15.2 Å². The fourth-order valence-corrected chi connectivity index (χ4v) is 1.65. The van der Waals surface area contributed by atoms with Crippen LogP contribution in [0.3, 0.4) is 0 Å². The Bertz CT molecular complexity index is 423. The normalized spacial score (nSPS) is 12.1. The van der Waals surface area contributed by atoms with E-state index in [2.05, 4.69) is 5.32 Å². The Balaban J connectivity index is 2.40. The Hall–Kier alpha value is -1.79. The van der Waals surface area contributed by atoms with E-state index in [0.29, 0.717) is 18.9 Å². The maximum atomic E-state index is 10.5. The van der Waals surface area contributed by atoms with E-state index < -0.39 is 5.91 Å². The van der Waals surface area contributed by atoms with Crippen LogP contribution in [0.1, 0.15) is 18.5 Å². The first-order chi connectivity index (χ1) is 9.04. The third-order valence-electron chi connectivity index (χ3n) is 2.65. The molecular weight excluding hydrogens is 248 g/mol. The van der Waals surface area contributed by atoms with Gasteiger partial charge in [0.15, 0.2) is 0 Å². The summed E-state index contributed by atoms with van der Waals surface area (Å²) in [7, 11) is 1.55. The summed E-state index contributed by atoms with van der Waals surface area (Å²) in [4.78, 5) is 10.5. The molecule has 19 heavy (non-hydrogen) atoms. The summed E-state index contributed by atoms with van der Waals surface area (Å²) >= 11 is 0. The fraction of sp³-hybridized carbons (Fsp3) is 0.462. The summed E-state index contributed by atoms with van der Waals surface area (Å²) in [6.07, 6.45) is 0. The van der Waals surface area contributed by atoms with Crippen LogP contribution in [0, 0.1) is 0 Å². The van der Waals surface area contributed by atoms with Gasteiger partial charge in [0.05, 0.1) is 13.7 Å². The molecule has 6 nitrogen and oxygen atoms in total. The third kappa shape index (κ3) is 5.15. The van der Waals surface area contributed by atoms with E-state index in [1.165, 1.54) is 0 Å². The number of carbonyl (C=O) groups is 1. The smallest absolute Gasteiger partial charge is 0.243 e. The van der Waals surface area contributed by atoms with Crippen molar-refractivity contribution in [2.75, 3.05) is 26.9 Å². The van der Waals surface area contributed by atoms with Gasteiger partial charge in [-0.05, 0) is 13.0 Å². The molecule has 0 spiro atoms. The van der Waals surface area contributed by atoms with Gasteiger partial charge >= 0.3 is 0 Å². The van der Waals surface area contributed by atoms with E-state index in [1.807, 2.05) is 6.92 Å². The standard InChI is InChI=1S/C13H20N2O4/c1-9(15-5-6-19-8-13(14)17)11-4-3-10(18-2)7-12(11)16/h3-4,7,9,15-16H,5-6,8H2,1-2H3,(H2,14,17). The Morgan fingerprint density at radius 3 is 2.84 bits per heavy atom. The van der Waals surface area contributed by atoms with Crippen molar-refractivity contribution >= 4 is 5.91 Å². The highest BCUT2D eigenvalue weighted by Gasteiger charge is 2.10. The fourth-order valence-electron chi connectivity index (χ4n) is 1.65. The molecule has 1 amide bonds. The number of hydrogen-bond donors (Lipinski definition) is 3. The van der Waals surface area contributed by atoms with Crippen molar-refractivity contribution in [3.05, 3.63) is 23.8 Å². The number of amides is 1. The summed E-state index contributed by atoms with van der Waals surface area (Å²) in [5, 5.41) is 13.0. The van der Waals surface area contributed by atoms with Crippen LogP contribution in [0.5, 0.6) is 11.5 Å². The van der Waals surface area contributed by atoms with Crippen molar-refractivity contribution in [2.24, 2.45) is 5.73 Å². The monoisotopic (exact) mass is 268 g/mol. The molecule has 1 aromatic rings. The molecule has 1 atom stereocenters. The van der Waals surface area contributed by atoms with Crippen LogP contribution in [0.2, 0.25) is 0 Å². The van der Waals surface area contributed by atoms with Gasteiger partial charge in [-0.25, -0.2) is 0 Å². The number of nitrogens with two attached hydrogens (primary N) is 1. The van der Waals surface area contributed by atoms with Crippen molar-refractivity contribution in [1.29, 1.82) is 0 Å². The van der Waals surface area contributed by atoms with Crippen LogP contribution >= 0.6 is 0 Å². The number of hydrogen-bond acceptors (Lipinski definition) is 5. The first-order valence-corrected chi connectivity index (χ1v) is 6.01. The van der Waals surface area contributed by atoms with Crippen molar-refractivity contribution in [1.82, 2.24) is 5.32 Å². The molecule has 0 heterocycles. The van der Waals surface area contributed by atoms with Crippen LogP contribution in [-0.2, 0) is 9.53 Å². The van der Waals surface area contributed by atoms with Gasteiger partial charge in [0.2, 0.25) is 5.91 Å². The molecule has 1 unspecified atom stereocenters. The van der Waals surface area contributed by atoms with Gasteiger partial charge in [0.1, 0.15) is 18.1 Å². The van der Waals surface area contributed by atoms with Crippen molar-refractivity contribution < 1.29 is 19.4 Å². The van der Waals surface area contributed by atoms with Crippen LogP contribution in [0.25, 0.3) is 0 Å². The highest BCUT2D eigenvalue weighted by molar-refractivity contribution is 5.74. The van der Waals surface area contributed by atoms with Crippen molar-refractivity contribution in [2.45, 2.75) is 13.0 Å². The zero-order chi connectivity index (χ0) is 14.3. The molecule has 0 saturated carbocycles. The molecule has 0 aliphatic carbocycles. The molecule has 0 aliphatic heterocycles. The second kappa shape index (κ2) is 7.60. The predicted octanol–water partition coefficient (Wildman–Crippen LogP) is 0.553. The molecule has 0 aromatic heterocycles. The number of phenols is 1. The predicted molar refractivity (Wildman–Crippen MR) is 71.1 cm³/mol. The summed E-state index contributed by atoms with van der Waals surface area (Å²) in [5.41, 5.74) is 5.72. The topological polar surface area (TPSA) is 93.8 Å². The van der Waals surface area contributed by atoms with E-state index in [1.54, 1.807) is 25.3 Å². The van der Waals surface area contributed by atoms with E-state index in [0.717, 1.165) is 5.56 Å². The second-order valence-electron chi connectivity index (χ2n) is 4.12. The number of primary amides is 1. The SMILES string of the molecule is COc1ccc(C(C)NCCOCC(N)=O)c(O)c1. The average molecular weight is 268 g/mol. The highest BCUT2D eigenvalue weighted by atomic mass is 16.5. The molecular formula is C13H20N2O4. The third-order valence-corrected chi connectivity index (χ3v) is 2.65. The minimum atomic E-state index is -0.485. The Kier molecular flexibility index (Phi) is 6.11. The Labute approximate surface area is 112 Å². The highest BCUT2D eigenvalue weighted by Crippen LogP contribution is 2.27. The van der Waals surface area contributed by atoms with Gasteiger partial charge in [0, 0.05) is 24.2 Å². The summed E-state index contributed by atoms with van der Waals surface area (Å²) in [6.45, 7) is 2.78. The molecule has 106 valence electrons. The Morgan fingerprint density at radius 1 is 1.53 bits per heavy atom. The van der Waals surface area contributed by atoms with Gasteiger partial charge in [-0.15, -0.1) is 0 Å². The molecule has 0 bridgehead atoms. The number of ether oxygens (including phenoxy) is 2. The van der Waals surface area contributed by atoms with Gasteiger partial charge in [0.25, 0.3) is 0 Å². The molecule has 6 heteroatoms. The lowest BCUT2D eigenvalue weighted by molar-refractivity contribution is -0.122. The molecule has 4 N–H and O–H groups in total. The lowest BCUT2D eigenvalue weighted by Crippen LogP contribution is -2.26. The molecule has 1 rings (SSSR count). The van der Waals surface area contributed by atoms with Crippen molar-refractivity contribution in [3.8, 4) is 11.5 Å². The maximum Gasteiger partial charge on any atom is 0.243 e. The minimum Gasteiger partial charge on any atom is -0.507 e. The number of rotatable bonds is 8. The number of nitrogens with one attached hydrogen (secondary N) is 1. The number of carbonyl (C=O) groups excluding carboxylic acids is 1. The summed E-state index contributed by atoms with van der Waals surface area (Å²) < 4.78 is 10.0. The molecule has 1 aromatic carbocycles. The van der Waals surface area contributed by atoms with Crippen LogP contribution in [0.15, 0.2) is 18.2 Å². The lowest BCUT2D eigenvalue weighted by Gasteiger charge is -2.16. The molecule has 0 aliphatic rings. The maximum absolute atomic E-state index is 10.5. The lowest BCUT2D eigenvalue weighted by atomic mass is 10.1. The molecule has 0 saturated heterocycles. The van der Waals surface area contributed by atoms with Crippen LogP contribution in [0.4, 0.5) is 0 Å². The van der Waals surface area contributed by atoms with E-state index in [9.17, 15) is 9.90 Å². The second-order valence-corrected chi connectivity index (χ2v) is 4.12. The minimum absolute atomic E-state index is 0.0388. The van der Waals surface area contributed by atoms with Crippen molar-refractivity contribution in [3.63, 3.8) is 0 Å². The molecule has 0 fully saturated rings.